The van der Waals surface area contributed by atoms with Crippen LogP contribution in [0.1, 0.15) is 18.5 Å². The molecule has 1 aliphatic heterocycles. The molecule has 0 spiro atoms. The van der Waals surface area contributed by atoms with Gasteiger partial charge >= 0.3 is 5.97 Å². The van der Waals surface area contributed by atoms with Gasteiger partial charge in [0.25, 0.3) is 0 Å². The highest BCUT2D eigenvalue weighted by molar-refractivity contribution is 6.30. The van der Waals surface area contributed by atoms with Crippen LogP contribution in [-0.4, -0.2) is 20.9 Å². The van der Waals surface area contributed by atoms with Gasteiger partial charge in [-0.15, -0.1) is 0 Å². The Morgan fingerprint density at radius 3 is 2.70 bits per heavy atom. The second-order valence-corrected chi connectivity index (χ2v) is 5.02. The van der Waals surface area contributed by atoms with Gasteiger partial charge in [0.1, 0.15) is 11.9 Å². The van der Waals surface area contributed by atoms with E-state index < -0.39 is 12.0 Å². The molecule has 0 saturated carbocycles. The van der Waals surface area contributed by atoms with Gasteiger partial charge in [0, 0.05) is 16.8 Å². The number of aliphatic carboxylic acids is 1. The number of carboxylic acids is 1. The lowest BCUT2D eigenvalue weighted by molar-refractivity contribution is -0.133. The summed E-state index contributed by atoms with van der Waals surface area (Å²) in [5.41, 5.74) is 1.73. The third kappa shape index (κ3) is 1.96. The third-order valence-corrected chi connectivity index (χ3v) is 3.58. The van der Waals surface area contributed by atoms with E-state index in [2.05, 4.69) is 10.4 Å². The van der Waals surface area contributed by atoms with E-state index in [9.17, 15) is 9.90 Å². The van der Waals surface area contributed by atoms with Crippen molar-refractivity contribution in [3.8, 4) is 0 Å². The van der Waals surface area contributed by atoms with Gasteiger partial charge in [-0.3, -0.25) is 0 Å². The molecule has 1 aromatic heterocycles. The molecule has 0 aliphatic carbocycles. The summed E-state index contributed by atoms with van der Waals surface area (Å²) in [6, 6.07) is 8.48. The third-order valence-electron chi connectivity index (χ3n) is 3.32. The van der Waals surface area contributed by atoms with Crippen LogP contribution in [0.3, 0.4) is 0 Å². The number of rotatable bonds is 2. The Labute approximate surface area is 120 Å². The summed E-state index contributed by atoms with van der Waals surface area (Å²) in [4.78, 5) is 11.6. The predicted molar refractivity (Wildman–Crippen MR) is 75.8 cm³/mol. The molecule has 2 heterocycles. The summed E-state index contributed by atoms with van der Waals surface area (Å²) in [6.45, 7) is 1.75. The van der Waals surface area contributed by atoms with Crippen LogP contribution in [-0.2, 0) is 4.79 Å². The number of hydrogen-bond acceptors (Lipinski definition) is 3. The van der Waals surface area contributed by atoms with E-state index in [1.165, 1.54) is 0 Å². The molecular weight excluding hydrogens is 278 g/mol. The SMILES string of the molecule is CC1=C(C(=O)O)C(c2ccc(Cl)cc2)n2nccc2N1. The molecule has 0 amide bonds. The van der Waals surface area contributed by atoms with Crippen molar-refractivity contribution in [1.82, 2.24) is 9.78 Å². The molecule has 20 heavy (non-hydrogen) atoms. The average Bonchev–Trinajstić information content (AvgIpc) is 2.85. The maximum atomic E-state index is 11.6. The number of halogens is 1. The number of fused-ring (bicyclic) bond motifs is 1. The van der Waals surface area contributed by atoms with Crippen molar-refractivity contribution in [2.75, 3.05) is 5.32 Å². The lowest BCUT2D eigenvalue weighted by atomic mass is 9.96. The minimum atomic E-state index is -0.962. The number of benzene rings is 1. The Morgan fingerprint density at radius 2 is 2.05 bits per heavy atom. The molecule has 5 nitrogen and oxygen atoms in total. The average molecular weight is 290 g/mol. The highest BCUT2D eigenvalue weighted by Crippen LogP contribution is 2.35. The fourth-order valence-electron chi connectivity index (χ4n) is 2.44. The predicted octanol–water partition coefficient (Wildman–Crippen LogP) is 2.91. The van der Waals surface area contributed by atoms with E-state index in [0.29, 0.717) is 10.7 Å². The first-order valence-electron chi connectivity index (χ1n) is 6.08. The minimum absolute atomic E-state index is 0.281. The van der Waals surface area contributed by atoms with Crippen LogP contribution in [0.25, 0.3) is 0 Å². The largest absolute Gasteiger partial charge is 0.478 e. The molecule has 1 aliphatic rings. The molecule has 2 aromatic rings. The highest BCUT2D eigenvalue weighted by Gasteiger charge is 2.32. The van der Waals surface area contributed by atoms with E-state index in [4.69, 9.17) is 11.6 Å². The summed E-state index contributed by atoms with van der Waals surface area (Å²) in [5, 5.41) is 17.4. The fourth-order valence-corrected chi connectivity index (χ4v) is 2.56. The van der Waals surface area contributed by atoms with Gasteiger partial charge in [-0.2, -0.15) is 5.10 Å². The molecule has 0 radical (unpaired) electrons. The lowest BCUT2D eigenvalue weighted by Gasteiger charge is -2.28. The first-order chi connectivity index (χ1) is 9.58. The number of allylic oxidation sites excluding steroid dienone is 1. The van der Waals surface area contributed by atoms with Crippen molar-refractivity contribution >= 4 is 23.4 Å². The molecule has 1 unspecified atom stereocenters. The standard InChI is InChI=1S/C14H12ClN3O2/c1-8-12(14(19)20)13(9-2-4-10(15)5-3-9)18-11(17-8)6-7-16-18/h2-7,13,17H,1H3,(H,19,20). The van der Waals surface area contributed by atoms with Gasteiger partial charge in [0.2, 0.25) is 0 Å². The van der Waals surface area contributed by atoms with Crippen molar-refractivity contribution in [3.63, 3.8) is 0 Å². The lowest BCUT2D eigenvalue weighted by Crippen LogP contribution is -2.28. The first kappa shape index (κ1) is 12.7. The molecule has 102 valence electrons. The van der Waals surface area contributed by atoms with Gasteiger partial charge < -0.3 is 10.4 Å². The van der Waals surface area contributed by atoms with Gasteiger partial charge in [0.05, 0.1) is 11.8 Å². The van der Waals surface area contributed by atoms with Gasteiger partial charge in [-0.05, 0) is 24.6 Å². The zero-order chi connectivity index (χ0) is 14.3. The van der Waals surface area contributed by atoms with Crippen molar-refractivity contribution in [3.05, 3.63) is 58.4 Å². The molecule has 3 rings (SSSR count). The maximum Gasteiger partial charge on any atom is 0.335 e. The van der Waals surface area contributed by atoms with Crippen LogP contribution in [0.2, 0.25) is 5.02 Å². The number of anilines is 1. The van der Waals surface area contributed by atoms with Crippen LogP contribution in [0, 0.1) is 0 Å². The van der Waals surface area contributed by atoms with Gasteiger partial charge in [-0.25, -0.2) is 9.48 Å². The fraction of sp³-hybridized carbons (Fsp3) is 0.143. The second kappa shape index (κ2) is 4.68. The molecule has 1 atom stereocenters. The smallest absolute Gasteiger partial charge is 0.335 e. The van der Waals surface area contributed by atoms with Crippen LogP contribution in [0.15, 0.2) is 47.8 Å². The van der Waals surface area contributed by atoms with E-state index >= 15 is 0 Å². The Balaban J connectivity index is 2.19. The molecule has 0 bridgehead atoms. The van der Waals surface area contributed by atoms with Crippen molar-refractivity contribution < 1.29 is 9.90 Å². The molecular formula is C14H12ClN3O2. The van der Waals surface area contributed by atoms with E-state index in [1.807, 2.05) is 18.2 Å². The molecule has 1 aromatic carbocycles. The van der Waals surface area contributed by atoms with Crippen LogP contribution >= 0.6 is 11.6 Å². The van der Waals surface area contributed by atoms with Crippen LogP contribution in [0.4, 0.5) is 5.82 Å². The van der Waals surface area contributed by atoms with Crippen LogP contribution < -0.4 is 5.32 Å². The molecule has 0 saturated heterocycles. The number of nitrogens with zero attached hydrogens (tertiary/aromatic N) is 2. The zero-order valence-electron chi connectivity index (χ0n) is 10.7. The number of aromatic nitrogens is 2. The Hall–Kier alpha value is -2.27. The van der Waals surface area contributed by atoms with Gasteiger partial charge in [-0.1, -0.05) is 23.7 Å². The molecule has 0 fully saturated rings. The monoisotopic (exact) mass is 289 g/mol. The number of nitrogens with one attached hydrogen (secondary N) is 1. The number of carboxylic acid groups (broad SMARTS) is 1. The van der Waals surface area contributed by atoms with E-state index in [0.717, 1.165) is 11.4 Å². The van der Waals surface area contributed by atoms with Crippen molar-refractivity contribution in [2.45, 2.75) is 13.0 Å². The molecule has 2 N–H and O–H groups in total. The summed E-state index contributed by atoms with van der Waals surface area (Å²) in [7, 11) is 0. The number of carbonyl (C=O) groups is 1. The van der Waals surface area contributed by atoms with Gasteiger partial charge in [0.15, 0.2) is 0 Å². The molecule has 6 heteroatoms. The zero-order valence-corrected chi connectivity index (χ0v) is 11.4. The summed E-state index contributed by atoms with van der Waals surface area (Å²) in [5.74, 6) is -0.191. The van der Waals surface area contributed by atoms with E-state index in [-0.39, 0.29) is 5.57 Å². The maximum absolute atomic E-state index is 11.6. The van der Waals surface area contributed by atoms with Crippen LogP contribution in [0.5, 0.6) is 0 Å². The topological polar surface area (TPSA) is 67.1 Å². The first-order valence-corrected chi connectivity index (χ1v) is 6.46. The van der Waals surface area contributed by atoms with Crippen molar-refractivity contribution in [1.29, 1.82) is 0 Å². The summed E-state index contributed by atoms with van der Waals surface area (Å²) < 4.78 is 1.67. The minimum Gasteiger partial charge on any atom is -0.478 e. The number of hydrogen-bond donors (Lipinski definition) is 2. The normalized spacial score (nSPS) is 17.6. The second-order valence-electron chi connectivity index (χ2n) is 4.58. The summed E-state index contributed by atoms with van der Waals surface area (Å²) in [6.07, 6.45) is 1.64. The van der Waals surface area contributed by atoms with Crippen molar-refractivity contribution in [2.24, 2.45) is 0 Å². The highest BCUT2D eigenvalue weighted by atomic mass is 35.5. The summed E-state index contributed by atoms with van der Waals surface area (Å²) >= 11 is 5.89. The Kier molecular flexibility index (Phi) is 2.99. The van der Waals surface area contributed by atoms with E-state index in [1.54, 1.807) is 29.9 Å². The Bertz CT molecular complexity index is 703. The quantitative estimate of drug-likeness (QED) is 0.892. The Morgan fingerprint density at radius 1 is 1.35 bits per heavy atom.